The van der Waals surface area contributed by atoms with Crippen LogP contribution in [0.15, 0.2) is 36.5 Å². The van der Waals surface area contributed by atoms with Crippen LogP contribution in [0.4, 0.5) is 4.39 Å². The molecular weight excluding hydrogens is 397 g/mol. The summed E-state index contributed by atoms with van der Waals surface area (Å²) in [6.07, 6.45) is 4.54. The molecule has 0 radical (unpaired) electrons. The molecule has 3 heterocycles. The maximum Gasteiger partial charge on any atom is 0.271 e. The number of benzene rings is 1. The maximum absolute atomic E-state index is 13.1. The summed E-state index contributed by atoms with van der Waals surface area (Å²) in [5.74, 6) is -0.299. The largest absolute Gasteiger partial charge is 0.346 e. The molecule has 1 fully saturated rings. The van der Waals surface area contributed by atoms with Gasteiger partial charge in [0.05, 0.1) is 0 Å². The highest BCUT2D eigenvalue weighted by Gasteiger charge is 2.30. The molecule has 0 saturated carbocycles. The highest BCUT2D eigenvalue weighted by molar-refractivity contribution is 6.09. The number of aryl methyl sites for hydroxylation is 1. The van der Waals surface area contributed by atoms with Gasteiger partial charge in [-0.2, -0.15) is 0 Å². The van der Waals surface area contributed by atoms with E-state index in [9.17, 15) is 18.8 Å². The van der Waals surface area contributed by atoms with Crippen LogP contribution in [0.5, 0.6) is 0 Å². The van der Waals surface area contributed by atoms with Gasteiger partial charge in [-0.15, -0.1) is 0 Å². The number of amides is 1. The minimum Gasteiger partial charge on any atom is -0.346 e. The number of piperidine rings is 1. The van der Waals surface area contributed by atoms with Gasteiger partial charge >= 0.3 is 0 Å². The highest BCUT2D eigenvalue weighted by Crippen LogP contribution is 2.23. The first-order valence-corrected chi connectivity index (χ1v) is 10.9. The van der Waals surface area contributed by atoms with Crippen molar-refractivity contribution in [2.45, 2.75) is 25.7 Å². The van der Waals surface area contributed by atoms with Gasteiger partial charge in [-0.25, -0.2) is 4.39 Å². The molecule has 1 aromatic carbocycles. The minimum absolute atomic E-state index is 0.0179. The monoisotopic (exact) mass is 425 g/mol. The molecule has 7 heteroatoms. The van der Waals surface area contributed by atoms with Crippen molar-refractivity contribution in [3.63, 3.8) is 0 Å². The number of ketones is 2. The van der Waals surface area contributed by atoms with Gasteiger partial charge in [0.1, 0.15) is 11.5 Å². The lowest BCUT2D eigenvalue weighted by Gasteiger charge is -2.32. The highest BCUT2D eigenvalue weighted by atomic mass is 19.1. The standard InChI is InChI=1S/C24H28FN3O3/c1-26-13-9-20-21(29)10-16-28(24(31)22(20)26)12-2-11-27-14-7-18(8-15-27)23(30)17-3-5-19(25)6-4-17/h3-6,9,13,18H,2,7-8,10-12,14-16H2,1H3. The normalized spacial score (nSPS) is 18.2. The second kappa shape index (κ2) is 9.14. The Morgan fingerprint density at radius 2 is 1.74 bits per heavy atom. The third-order valence-electron chi connectivity index (χ3n) is 6.46. The van der Waals surface area contributed by atoms with Crippen LogP contribution >= 0.6 is 0 Å². The second-order valence-corrected chi connectivity index (χ2v) is 8.49. The number of carbonyl (C=O) groups excluding carboxylic acids is 3. The van der Waals surface area contributed by atoms with Crippen LogP contribution < -0.4 is 0 Å². The summed E-state index contributed by atoms with van der Waals surface area (Å²) in [6.45, 7) is 3.61. The molecule has 0 N–H and O–H groups in total. The van der Waals surface area contributed by atoms with Gasteiger partial charge in [0.15, 0.2) is 11.6 Å². The van der Waals surface area contributed by atoms with Crippen molar-refractivity contribution < 1.29 is 18.8 Å². The topological polar surface area (TPSA) is 62.6 Å². The molecule has 1 saturated heterocycles. The summed E-state index contributed by atoms with van der Waals surface area (Å²) >= 11 is 0. The van der Waals surface area contributed by atoms with E-state index in [1.165, 1.54) is 12.1 Å². The third-order valence-corrected chi connectivity index (χ3v) is 6.46. The van der Waals surface area contributed by atoms with Crippen molar-refractivity contribution in [2.75, 3.05) is 32.7 Å². The van der Waals surface area contributed by atoms with E-state index in [1.807, 2.05) is 0 Å². The predicted octanol–water partition coefficient (Wildman–Crippen LogP) is 3.18. The molecule has 0 spiro atoms. The average molecular weight is 426 g/mol. The van der Waals surface area contributed by atoms with E-state index in [1.54, 1.807) is 40.9 Å². The number of rotatable bonds is 6. The van der Waals surface area contributed by atoms with E-state index in [4.69, 9.17) is 0 Å². The number of halogens is 1. The van der Waals surface area contributed by atoms with Crippen LogP contribution in [0.1, 0.15) is 56.9 Å². The fourth-order valence-corrected chi connectivity index (χ4v) is 4.61. The predicted molar refractivity (Wildman–Crippen MR) is 115 cm³/mol. The van der Waals surface area contributed by atoms with Gasteiger partial charge < -0.3 is 14.4 Å². The summed E-state index contributed by atoms with van der Waals surface area (Å²) < 4.78 is 14.8. The molecule has 164 valence electrons. The summed E-state index contributed by atoms with van der Waals surface area (Å²) in [6, 6.07) is 7.52. The van der Waals surface area contributed by atoms with Crippen molar-refractivity contribution in [3.05, 3.63) is 59.2 Å². The van der Waals surface area contributed by atoms with E-state index in [0.717, 1.165) is 38.9 Å². The van der Waals surface area contributed by atoms with E-state index >= 15 is 0 Å². The number of aromatic nitrogens is 1. The van der Waals surface area contributed by atoms with Gasteiger partial charge in [0.2, 0.25) is 0 Å². The fourth-order valence-electron chi connectivity index (χ4n) is 4.61. The molecule has 0 bridgehead atoms. The van der Waals surface area contributed by atoms with E-state index in [0.29, 0.717) is 36.3 Å². The summed E-state index contributed by atoms with van der Waals surface area (Å²) in [5.41, 5.74) is 1.60. The fraction of sp³-hybridized carbons (Fsp3) is 0.458. The van der Waals surface area contributed by atoms with Crippen LogP contribution in [0, 0.1) is 11.7 Å². The van der Waals surface area contributed by atoms with Gasteiger partial charge in [0.25, 0.3) is 5.91 Å². The molecule has 4 rings (SSSR count). The molecule has 2 aliphatic heterocycles. The number of Topliss-reactive ketones (excluding diaryl/α,β-unsaturated/α-hetero) is 2. The molecular formula is C24H28FN3O3. The first-order chi connectivity index (χ1) is 14.9. The van der Waals surface area contributed by atoms with Crippen LogP contribution in [-0.2, 0) is 7.05 Å². The number of fused-ring (bicyclic) bond motifs is 1. The lowest BCUT2D eigenvalue weighted by atomic mass is 9.89. The van der Waals surface area contributed by atoms with Gasteiger partial charge in [-0.1, -0.05) is 0 Å². The lowest BCUT2D eigenvalue weighted by Crippen LogP contribution is -2.39. The summed E-state index contributed by atoms with van der Waals surface area (Å²) in [5, 5.41) is 0. The van der Waals surface area contributed by atoms with Crippen LogP contribution in [-0.4, -0.2) is 64.6 Å². The number of hydrogen-bond donors (Lipinski definition) is 0. The first kappa shape index (κ1) is 21.4. The quantitative estimate of drug-likeness (QED) is 0.667. The minimum atomic E-state index is -0.332. The Labute approximate surface area is 181 Å². The zero-order valence-electron chi connectivity index (χ0n) is 17.8. The number of likely N-dealkylation sites (tertiary alicyclic amines) is 1. The summed E-state index contributed by atoms with van der Waals surface area (Å²) in [7, 11) is 1.80. The van der Waals surface area contributed by atoms with E-state index in [2.05, 4.69) is 4.90 Å². The van der Waals surface area contributed by atoms with Crippen molar-refractivity contribution in [1.82, 2.24) is 14.4 Å². The molecule has 1 amide bonds. The molecule has 0 aliphatic carbocycles. The second-order valence-electron chi connectivity index (χ2n) is 8.49. The Hall–Kier alpha value is -2.80. The first-order valence-electron chi connectivity index (χ1n) is 10.9. The third kappa shape index (κ3) is 4.61. The van der Waals surface area contributed by atoms with Crippen LogP contribution in [0.2, 0.25) is 0 Å². The zero-order chi connectivity index (χ0) is 22.0. The van der Waals surface area contributed by atoms with Crippen LogP contribution in [0.3, 0.4) is 0 Å². The lowest BCUT2D eigenvalue weighted by molar-refractivity contribution is 0.0728. The molecule has 1 aromatic heterocycles. The van der Waals surface area contributed by atoms with Gasteiger partial charge in [-0.3, -0.25) is 14.4 Å². The van der Waals surface area contributed by atoms with E-state index in [-0.39, 0.29) is 29.2 Å². The molecule has 0 unspecified atom stereocenters. The Balaban J connectivity index is 1.25. The van der Waals surface area contributed by atoms with Crippen LogP contribution in [0.25, 0.3) is 0 Å². The zero-order valence-corrected chi connectivity index (χ0v) is 17.8. The molecule has 2 aromatic rings. The SMILES string of the molecule is Cn1ccc2c1C(=O)N(CCCN1CCC(C(=O)c3ccc(F)cc3)CC1)CCC2=O. The Morgan fingerprint density at radius 3 is 2.45 bits per heavy atom. The Morgan fingerprint density at radius 1 is 1.03 bits per heavy atom. The van der Waals surface area contributed by atoms with Gasteiger partial charge in [-0.05, 0) is 69.2 Å². The van der Waals surface area contributed by atoms with Gasteiger partial charge in [0, 0.05) is 49.8 Å². The number of carbonyl (C=O) groups is 3. The maximum atomic E-state index is 13.1. The van der Waals surface area contributed by atoms with E-state index < -0.39 is 0 Å². The molecule has 0 atom stereocenters. The number of nitrogens with zero attached hydrogens (tertiary/aromatic N) is 3. The molecule has 6 nitrogen and oxygen atoms in total. The molecule has 2 aliphatic rings. The Bertz CT molecular complexity index is 974. The van der Waals surface area contributed by atoms with Crippen molar-refractivity contribution >= 4 is 17.5 Å². The summed E-state index contributed by atoms with van der Waals surface area (Å²) in [4.78, 5) is 41.9. The van der Waals surface area contributed by atoms with Crippen molar-refractivity contribution in [2.24, 2.45) is 13.0 Å². The average Bonchev–Trinajstić information content (AvgIpc) is 3.12. The molecule has 31 heavy (non-hydrogen) atoms. The smallest absolute Gasteiger partial charge is 0.271 e. The van der Waals surface area contributed by atoms with Crippen molar-refractivity contribution in [1.29, 1.82) is 0 Å². The number of hydrogen-bond acceptors (Lipinski definition) is 4. The Kier molecular flexibility index (Phi) is 6.32. The van der Waals surface area contributed by atoms with Crippen molar-refractivity contribution in [3.8, 4) is 0 Å².